The summed E-state index contributed by atoms with van der Waals surface area (Å²) in [7, 11) is -1.25. The molecule has 122 valence electrons. The Bertz CT molecular complexity index is 771. The van der Waals surface area contributed by atoms with E-state index in [4.69, 9.17) is 9.47 Å². The Hall–Kier alpha value is -2.54. The Kier molecular flexibility index (Phi) is 5.23. The maximum absolute atomic E-state index is 14.0. The van der Waals surface area contributed by atoms with Gasteiger partial charge in [-0.25, -0.2) is 0 Å². The summed E-state index contributed by atoms with van der Waals surface area (Å²) in [5, 5.41) is 0. The third-order valence-electron chi connectivity index (χ3n) is 3.09. The van der Waals surface area contributed by atoms with Crippen molar-refractivity contribution in [2.24, 2.45) is 0 Å². The highest BCUT2D eigenvalue weighted by molar-refractivity contribution is 7.89. The van der Waals surface area contributed by atoms with Gasteiger partial charge in [0.1, 0.15) is 11.5 Å². The summed E-state index contributed by atoms with van der Waals surface area (Å²) >= 11 is 0. The molecule has 2 aromatic rings. The van der Waals surface area contributed by atoms with Gasteiger partial charge in [-0.2, -0.15) is 8.42 Å². The number of sulfonamides is 1. The van der Waals surface area contributed by atoms with E-state index in [2.05, 4.69) is 0 Å². The van der Waals surface area contributed by atoms with E-state index in [9.17, 15) is 12.9 Å². The van der Waals surface area contributed by atoms with Crippen molar-refractivity contribution in [3.63, 3.8) is 0 Å². The molecule has 0 aliphatic heterocycles. The van der Waals surface area contributed by atoms with Gasteiger partial charge in [0.15, 0.2) is 0 Å². The first kappa shape index (κ1) is 16.8. The van der Waals surface area contributed by atoms with E-state index < -0.39 is 10.0 Å². The Morgan fingerprint density at radius 3 is 1.87 bits per heavy atom. The van der Waals surface area contributed by atoms with Crippen LogP contribution >= 0.6 is 0 Å². The second kappa shape index (κ2) is 7.15. The summed E-state index contributed by atoms with van der Waals surface area (Å²) in [4.78, 5) is -0.166. The fourth-order valence-electron chi connectivity index (χ4n) is 1.79. The number of methoxy groups -OCH3 is 2. The smallest absolute Gasteiger partial charge is 0.290 e. The van der Waals surface area contributed by atoms with Gasteiger partial charge < -0.3 is 9.47 Å². The molecule has 0 aliphatic carbocycles. The predicted molar refractivity (Wildman–Crippen MR) is 85.2 cm³/mol. The van der Waals surface area contributed by atoms with Gasteiger partial charge in [-0.05, 0) is 48.0 Å². The van der Waals surface area contributed by atoms with Gasteiger partial charge in [-0.1, -0.05) is 16.6 Å². The highest BCUT2D eigenvalue weighted by Gasteiger charge is 2.21. The van der Waals surface area contributed by atoms with Crippen LogP contribution in [0.4, 0.5) is 4.48 Å². The normalized spacial score (nSPS) is 11.4. The van der Waals surface area contributed by atoms with Gasteiger partial charge in [0.2, 0.25) is 0 Å². The SMILES string of the molecule is COc1ccc(C=CN(F)S(=O)(=O)c2ccc(OC)cc2)cc1. The molecule has 0 N–H and O–H groups in total. The fourth-order valence-corrected chi connectivity index (χ4v) is 2.69. The van der Waals surface area contributed by atoms with Crippen molar-refractivity contribution in [3.8, 4) is 11.5 Å². The van der Waals surface area contributed by atoms with E-state index in [0.717, 1.165) is 6.20 Å². The Labute approximate surface area is 134 Å². The van der Waals surface area contributed by atoms with Crippen molar-refractivity contribution >= 4 is 16.1 Å². The minimum absolute atomic E-state index is 0.166. The molecule has 0 aliphatic rings. The first-order valence-electron chi connectivity index (χ1n) is 6.64. The molecule has 0 unspecified atom stereocenters. The molecule has 0 saturated heterocycles. The maximum atomic E-state index is 14.0. The van der Waals surface area contributed by atoms with E-state index in [1.165, 1.54) is 44.6 Å². The molecule has 0 spiro atoms. The molecule has 0 amide bonds. The quantitative estimate of drug-likeness (QED) is 0.759. The van der Waals surface area contributed by atoms with Gasteiger partial charge >= 0.3 is 0 Å². The zero-order valence-corrected chi connectivity index (χ0v) is 13.5. The molecule has 7 heteroatoms. The van der Waals surface area contributed by atoms with Crippen molar-refractivity contribution in [2.75, 3.05) is 14.2 Å². The van der Waals surface area contributed by atoms with Crippen LogP contribution in [0.3, 0.4) is 0 Å². The molecule has 0 heterocycles. The average molecular weight is 337 g/mol. The number of nitrogens with zero attached hydrogens (tertiary/aromatic N) is 1. The van der Waals surface area contributed by atoms with E-state index >= 15 is 0 Å². The Balaban J connectivity index is 2.16. The lowest BCUT2D eigenvalue weighted by atomic mass is 10.2. The van der Waals surface area contributed by atoms with Crippen LogP contribution in [0.1, 0.15) is 5.56 Å². The Morgan fingerprint density at radius 2 is 1.39 bits per heavy atom. The minimum Gasteiger partial charge on any atom is -0.497 e. The predicted octanol–water partition coefficient (Wildman–Crippen LogP) is 3.25. The van der Waals surface area contributed by atoms with Gasteiger partial charge in [0, 0.05) is 0 Å². The van der Waals surface area contributed by atoms with Gasteiger partial charge in [0.25, 0.3) is 10.0 Å². The number of hydrogen-bond acceptors (Lipinski definition) is 4. The van der Waals surface area contributed by atoms with Gasteiger partial charge in [0.05, 0.1) is 25.3 Å². The van der Waals surface area contributed by atoms with E-state index in [-0.39, 0.29) is 9.42 Å². The molecular weight excluding hydrogens is 321 g/mol. The first-order valence-corrected chi connectivity index (χ1v) is 8.08. The topological polar surface area (TPSA) is 55.8 Å². The number of rotatable bonds is 6. The number of halogens is 1. The van der Waals surface area contributed by atoms with Crippen molar-refractivity contribution in [1.82, 2.24) is 4.53 Å². The molecule has 0 aromatic heterocycles. The van der Waals surface area contributed by atoms with Crippen LogP contribution in [-0.2, 0) is 10.0 Å². The van der Waals surface area contributed by atoms with E-state index in [0.29, 0.717) is 17.1 Å². The highest BCUT2D eigenvalue weighted by atomic mass is 32.2. The summed E-state index contributed by atoms with van der Waals surface area (Å²) in [5.74, 6) is 1.15. The van der Waals surface area contributed by atoms with Crippen molar-refractivity contribution in [1.29, 1.82) is 0 Å². The zero-order chi connectivity index (χ0) is 16.9. The molecular formula is C16H16FNO4S. The summed E-state index contributed by atoms with van der Waals surface area (Å²) in [5.41, 5.74) is 0.637. The maximum Gasteiger partial charge on any atom is 0.290 e. The fraction of sp³-hybridized carbons (Fsp3) is 0.125. The van der Waals surface area contributed by atoms with Crippen molar-refractivity contribution < 1.29 is 22.4 Å². The number of hydrogen-bond donors (Lipinski definition) is 0. The van der Waals surface area contributed by atoms with Crippen LogP contribution in [0.2, 0.25) is 0 Å². The number of benzene rings is 2. The molecule has 0 bridgehead atoms. The summed E-state index contributed by atoms with van der Waals surface area (Å²) in [6.45, 7) is 0. The molecule has 0 radical (unpaired) electrons. The second-order valence-corrected chi connectivity index (χ2v) is 6.28. The third kappa shape index (κ3) is 4.01. The zero-order valence-electron chi connectivity index (χ0n) is 12.6. The van der Waals surface area contributed by atoms with E-state index in [1.807, 2.05) is 0 Å². The number of ether oxygens (including phenoxy) is 2. The van der Waals surface area contributed by atoms with E-state index in [1.54, 1.807) is 24.3 Å². The molecule has 0 saturated carbocycles. The van der Waals surface area contributed by atoms with Crippen molar-refractivity contribution in [2.45, 2.75) is 4.90 Å². The largest absolute Gasteiger partial charge is 0.497 e. The lowest BCUT2D eigenvalue weighted by Crippen LogP contribution is -2.17. The summed E-state index contributed by atoms with van der Waals surface area (Å²) in [6, 6.07) is 12.2. The minimum atomic E-state index is -4.25. The molecule has 0 atom stereocenters. The van der Waals surface area contributed by atoms with Crippen LogP contribution in [-0.4, -0.2) is 27.2 Å². The third-order valence-corrected chi connectivity index (χ3v) is 4.54. The Morgan fingerprint density at radius 1 is 0.913 bits per heavy atom. The van der Waals surface area contributed by atoms with Crippen molar-refractivity contribution in [3.05, 3.63) is 60.3 Å². The van der Waals surface area contributed by atoms with Crippen LogP contribution < -0.4 is 9.47 Å². The molecule has 2 aromatic carbocycles. The van der Waals surface area contributed by atoms with Crippen LogP contribution in [0.5, 0.6) is 11.5 Å². The standard InChI is InChI=1S/C16H16FNO4S/c1-21-14-5-3-13(4-6-14)11-12-18(17)23(19,20)16-9-7-15(22-2)8-10-16/h3-12H,1-2H3. The lowest BCUT2D eigenvalue weighted by Gasteiger charge is -2.10. The molecule has 5 nitrogen and oxygen atoms in total. The monoisotopic (exact) mass is 337 g/mol. The lowest BCUT2D eigenvalue weighted by molar-refractivity contribution is 0.209. The average Bonchev–Trinajstić information content (AvgIpc) is 2.60. The highest BCUT2D eigenvalue weighted by Crippen LogP contribution is 2.21. The molecule has 0 fully saturated rings. The van der Waals surface area contributed by atoms with Crippen LogP contribution in [0.25, 0.3) is 6.08 Å². The summed E-state index contributed by atoms with van der Waals surface area (Å²) in [6.07, 6.45) is 2.20. The van der Waals surface area contributed by atoms with Gasteiger partial charge in [-0.3, -0.25) is 0 Å². The van der Waals surface area contributed by atoms with Crippen LogP contribution in [0.15, 0.2) is 59.6 Å². The molecule has 23 heavy (non-hydrogen) atoms. The van der Waals surface area contributed by atoms with Gasteiger partial charge in [-0.15, -0.1) is 4.53 Å². The summed E-state index contributed by atoms with van der Waals surface area (Å²) < 4.78 is 47.8. The first-order chi connectivity index (χ1) is 11.0. The van der Waals surface area contributed by atoms with Crippen LogP contribution in [0, 0.1) is 0 Å². The molecule has 2 rings (SSSR count). The second-order valence-electron chi connectivity index (χ2n) is 4.51.